The molecular weight excluding hydrogens is 732 g/mol. The number of hydrogen-bond donors (Lipinski definition) is 0. The predicted octanol–water partition coefficient (Wildman–Crippen LogP) is -10.8. The second kappa shape index (κ2) is 20.9. The SMILES string of the molecule is [Mo+4].[Mo+4].[Mo+4].[O-]P([O-])([O-])=S.[O-]P([O-])([O-])=S.[O-]P([O-])([O-])=S.[O-]P([O-])([O-])=S. The molecule has 23 heteroatoms. The number of hydrogen-bond acceptors (Lipinski definition) is 16. The molecule has 0 fully saturated rings. The summed E-state index contributed by atoms with van der Waals surface area (Å²) in [6, 6.07) is 0. The van der Waals surface area contributed by atoms with Crippen LogP contribution in [0.5, 0.6) is 0 Å². The van der Waals surface area contributed by atoms with Gasteiger partial charge in [-0.15, -0.1) is 0 Å². The first-order chi connectivity index (χ1) is 8.00. The molecule has 12 nitrogen and oxygen atoms in total. The van der Waals surface area contributed by atoms with Gasteiger partial charge in [0.15, 0.2) is 0 Å². The summed E-state index contributed by atoms with van der Waals surface area (Å²) in [5.41, 5.74) is 0. The van der Waals surface area contributed by atoms with E-state index in [0.29, 0.717) is 0 Å². The third kappa shape index (κ3) is 875. The Morgan fingerprint density at radius 2 is 0.304 bits per heavy atom. The summed E-state index contributed by atoms with van der Waals surface area (Å²) in [5, 5.41) is 0. The van der Waals surface area contributed by atoms with E-state index in [1.54, 1.807) is 0 Å². The molecule has 0 amide bonds. The van der Waals surface area contributed by atoms with Crippen LogP contribution in [0.25, 0.3) is 0 Å². The molecule has 0 spiro atoms. The van der Waals surface area contributed by atoms with Crippen molar-refractivity contribution >= 4 is 74.1 Å². The molecule has 23 heavy (non-hydrogen) atoms. The van der Waals surface area contributed by atoms with Crippen molar-refractivity contribution in [3.05, 3.63) is 0 Å². The standard InChI is InChI=1S/3Mo.4H3O3PS/c;;;4*1-4(2,3)5/h;;;4*(H3,1,2,3,5)/q3*+4;;;;/p-12. The zero-order valence-corrected chi connectivity index (χ0v) is 22.4. The normalized spacial score (nSPS) is 10.3. The van der Waals surface area contributed by atoms with Crippen molar-refractivity contribution in [3.8, 4) is 0 Å². The molecule has 0 aromatic rings. The van der Waals surface area contributed by atoms with Gasteiger partial charge in [-0.3, -0.25) is 0 Å². The van der Waals surface area contributed by atoms with Crippen LogP contribution >= 0.6 is 26.9 Å². The smallest absolute Gasteiger partial charge is 0.844 e. The van der Waals surface area contributed by atoms with Crippen molar-refractivity contribution in [2.24, 2.45) is 0 Å². The molecular formula is Mo3O12P4S4. The van der Waals surface area contributed by atoms with Crippen LogP contribution < -0.4 is 58.7 Å². The van der Waals surface area contributed by atoms with Crippen LogP contribution in [0.15, 0.2) is 0 Å². The molecule has 0 saturated carbocycles. The van der Waals surface area contributed by atoms with Crippen molar-refractivity contribution in [1.82, 2.24) is 0 Å². The maximum atomic E-state index is 8.92. The van der Waals surface area contributed by atoms with E-state index < -0.39 is 26.9 Å². The van der Waals surface area contributed by atoms with E-state index in [4.69, 9.17) is 58.7 Å². The largest absolute Gasteiger partial charge is 4.00 e. The summed E-state index contributed by atoms with van der Waals surface area (Å²) in [6.07, 6.45) is 0. The van der Waals surface area contributed by atoms with Crippen molar-refractivity contribution in [2.45, 2.75) is 0 Å². The third-order valence-electron chi connectivity index (χ3n) is 0. The second-order valence-corrected chi connectivity index (χ2v) is 10.7. The molecule has 0 unspecified atom stereocenters. The molecule has 0 aliphatic heterocycles. The van der Waals surface area contributed by atoms with E-state index in [0.717, 1.165) is 0 Å². The van der Waals surface area contributed by atoms with Crippen molar-refractivity contribution in [3.63, 3.8) is 0 Å². The summed E-state index contributed by atoms with van der Waals surface area (Å²) in [7, 11) is 0. The van der Waals surface area contributed by atoms with Crippen LogP contribution in [0, 0.1) is 0 Å². The summed E-state index contributed by atoms with van der Waals surface area (Å²) in [6.45, 7) is -18.2. The van der Waals surface area contributed by atoms with Crippen LogP contribution in [0.3, 0.4) is 0 Å². The molecule has 0 radical (unpaired) electrons. The summed E-state index contributed by atoms with van der Waals surface area (Å²) in [4.78, 5) is 107. The molecule has 0 aliphatic rings. The Hall–Kier alpha value is 4.18. The summed E-state index contributed by atoms with van der Waals surface area (Å²) < 4.78 is 0. The van der Waals surface area contributed by atoms with Gasteiger partial charge in [-0.1, -0.05) is 0 Å². The van der Waals surface area contributed by atoms with Crippen LogP contribution in [0.1, 0.15) is 0 Å². The van der Waals surface area contributed by atoms with Gasteiger partial charge in [-0.05, 0) is 0 Å². The average molecular weight is 732 g/mol. The fourth-order valence-corrected chi connectivity index (χ4v) is 0. The Bertz CT molecular complexity index is 305. The van der Waals surface area contributed by atoms with Crippen molar-refractivity contribution in [2.75, 3.05) is 0 Å². The Balaban J connectivity index is -0.0000000284. The topological polar surface area (TPSA) is 277 Å². The van der Waals surface area contributed by atoms with E-state index in [2.05, 4.69) is 47.2 Å². The van der Waals surface area contributed by atoms with Gasteiger partial charge in [-0.2, -0.15) is 47.2 Å². The fourth-order valence-electron chi connectivity index (χ4n) is 0. The van der Waals surface area contributed by atoms with Gasteiger partial charge in [0.1, 0.15) is 0 Å². The molecule has 0 aliphatic carbocycles. The average Bonchev–Trinajstić information content (AvgIpc) is 1.62. The zero-order valence-electron chi connectivity index (χ0n) is 9.55. The first-order valence-corrected chi connectivity index (χ1v) is 13.1. The molecule has 0 aromatic carbocycles. The minimum absolute atomic E-state index is 0. The van der Waals surface area contributed by atoms with E-state index >= 15 is 0 Å². The molecule has 0 heterocycles. The third-order valence-corrected chi connectivity index (χ3v) is 0. The molecule has 0 bridgehead atoms. The van der Waals surface area contributed by atoms with Gasteiger partial charge >= 0.3 is 63.2 Å². The van der Waals surface area contributed by atoms with Crippen molar-refractivity contribution < 1.29 is 122 Å². The van der Waals surface area contributed by atoms with Crippen LogP contribution in [-0.2, 0) is 110 Å². The summed E-state index contributed by atoms with van der Waals surface area (Å²) >= 11 is 13.1. The van der Waals surface area contributed by atoms with Crippen LogP contribution in [-0.4, -0.2) is 0 Å². The van der Waals surface area contributed by atoms with Gasteiger partial charge in [0.25, 0.3) is 0 Å². The Labute approximate surface area is 194 Å². The zero-order chi connectivity index (χ0) is 18.0. The van der Waals surface area contributed by atoms with Gasteiger partial charge in [0.2, 0.25) is 0 Å². The van der Waals surface area contributed by atoms with E-state index in [1.807, 2.05) is 0 Å². The molecule has 0 saturated heterocycles. The Kier molecular flexibility index (Phi) is 41.6. The summed E-state index contributed by atoms with van der Waals surface area (Å²) in [5.74, 6) is 0. The minimum Gasteiger partial charge on any atom is -0.844 e. The van der Waals surface area contributed by atoms with Crippen molar-refractivity contribution in [1.29, 1.82) is 0 Å². The maximum Gasteiger partial charge on any atom is 4.00 e. The van der Waals surface area contributed by atoms with Crippen LogP contribution in [0.2, 0.25) is 0 Å². The first-order valence-electron chi connectivity index (χ1n) is 2.92. The molecule has 0 atom stereocenters. The van der Waals surface area contributed by atoms with Gasteiger partial charge < -0.3 is 85.6 Å². The van der Waals surface area contributed by atoms with Gasteiger partial charge in [-0.25, -0.2) is 0 Å². The molecule has 0 N–H and O–H groups in total. The predicted molar refractivity (Wildman–Crippen MR) is 57.1 cm³/mol. The van der Waals surface area contributed by atoms with Gasteiger partial charge in [0, 0.05) is 0 Å². The van der Waals surface area contributed by atoms with Crippen LogP contribution in [0.4, 0.5) is 0 Å². The Morgan fingerprint density at radius 3 is 0.304 bits per heavy atom. The Morgan fingerprint density at radius 1 is 0.304 bits per heavy atom. The molecule has 134 valence electrons. The van der Waals surface area contributed by atoms with E-state index in [1.165, 1.54) is 0 Å². The quantitative estimate of drug-likeness (QED) is 0.165. The van der Waals surface area contributed by atoms with E-state index in [9.17, 15) is 0 Å². The first kappa shape index (κ1) is 45.7. The molecule has 0 rings (SSSR count). The number of rotatable bonds is 0. The molecule has 0 aromatic heterocycles. The fraction of sp³-hybridized carbons (Fsp3) is 0. The maximum absolute atomic E-state index is 8.92. The van der Waals surface area contributed by atoms with Gasteiger partial charge in [0.05, 0.1) is 0 Å². The minimum atomic E-state index is -4.56. The monoisotopic (exact) mass is 737 g/mol. The second-order valence-electron chi connectivity index (χ2n) is 1.79. The van der Waals surface area contributed by atoms with E-state index in [-0.39, 0.29) is 63.2 Å².